The first-order valence-corrected chi connectivity index (χ1v) is 8.63. The number of aromatic nitrogens is 2. The van der Waals surface area contributed by atoms with Crippen molar-refractivity contribution in [1.29, 1.82) is 0 Å². The number of hydrogen-bond acceptors (Lipinski definition) is 3. The summed E-state index contributed by atoms with van der Waals surface area (Å²) in [5, 5.41) is 3.63. The Morgan fingerprint density at radius 2 is 1.62 bits per heavy atom. The maximum atomic E-state index is 5.57. The summed E-state index contributed by atoms with van der Waals surface area (Å²) in [4.78, 5) is 4.87. The minimum Gasteiger partial charge on any atom is -0.496 e. The maximum Gasteiger partial charge on any atom is 0.143 e. The molecular formula is C22H21N3O. The zero-order valence-corrected chi connectivity index (χ0v) is 15.2. The Hall–Kier alpha value is -3.27. The van der Waals surface area contributed by atoms with Crippen LogP contribution in [0.5, 0.6) is 5.75 Å². The fourth-order valence-electron chi connectivity index (χ4n) is 3.27. The normalized spacial score (nSPS) is 10.9. The number of imidazole rings is 1. The number of ether oxygens (including phenoxy) is 1. The Kier molecular flexibility index (Phi) is 4.09. The van der Waals surface area contributed by atoms with Gasteiger partial charge in [0, 0.05) is 17.4 Å². The number of anilines is 2. The van der Waals surface area contributed by atoms with Gasteiger partial charge in [0.25, 0.3) is 0 Å². The molecule has 0 amide bonds. The van der Waals surface area contributed by atoms with Crippen molar-refractivity contribution in [3.05, 3.63) is 78.0 Å². The van der Waals surface area contributed by atoms with Crippen LogP contribution >= 0.6 is 0 Å². The van der Waals surface area contributed by atoms with Gasteiger partial charge in [-0.2, -0.15) is 0 Å². The first-order valence-electron chi connectivity index (χ1n) is 8.63. The van der Waals surface area contributed by atoms with Crippen molar-refractivity contribution < 1.29 is 4.74 Å². The minimum absolute atomic E-state index is 0.806. The number of methoxy groups -OCH3 is 1. The van der Waals surface area contributed by atoms with E-state index in [9.17, 15) is 0 Å². The van der Waals surface area contributed by atoms with Crippen molar-refractivity contribution in [1.82, 2.24) is 9.38 Å². The van der Waals surface area contributed by atoms with Gasteiger partial charge < -0.3 is 10.1 Å². The van der Waals surface area contributed by atoms with Gasteiger partial charge in [0.05, 0.1) is 7.11 Å². The summed E-state index contributed by atoms with van der Waals surface area (Å²) in [6, 6.07) is 20.3. The van der Waals surface area contributed by atoms with Gasteiger partial charge in [-0.1, -0.05) is 36.4 Å². The molecular weight excluding hydrogens is 322 g/mol. The van der Waals surface area contributed by atoms with Crippen LogP contribution in [0, 0.1) is 13.8 Å². The molecule has 130 valence electrons. The van der Waals surface area contributed by atoms with Gasteiger partial charge in [-0.05, 0) is 49.2 Å². The molecule has 4 heteroatoms. The molecule has 0 fully saturated rings. The Labute approximate surface area is 153 Å². The van der Waals surface area contributed by atoms with Crippen LogP contribution in [0.25, 0.3) is 16.9 Å². The molecule has 2 heterocycles. The molecule has 0 aliphatic rings. The molecule has 4 nitrogen and oxygen atoms in total. The first kappa shape index (κ1) is 16.2. The van der Waals surface area contributed by atoms with Gasteiger partial charge in [0.1, 0.15) is 22.9 Å². The summed E-state index contributed by atoms with van der Waals surface area (Å²) in [6.45, 7) is 4.22. The van der Waals surface area contributed by atoms with Crippen LogP contribution in [0.4, 0.5) is 11.5 Å². The molecule has 0 saturated carbocycles. The summed E-state index contributed by atoms with van der Waals surface area (Å²) in [5.74, 6) is 1.74. The first-order chi connectivity index (χ1) is 12.7. The van der Waals surface area contributed by atoms with E-state index < -0.39 is 0 Å². The average Bonchev–Trinajstić information content (AvgIpc) is 3.03. The van der Waals surface area contributed by atoms with E-state index in [0.717, 1.165) is 34.2 Å². The summed E-state index contributed by atoms with van der Waals surface area (Å²) < 4.78 is 7.65. The third kappa shape index (κ3) is 2.69. The second-order valence-electron chi connectivity index (χ2n) is 6.33. The van der Waals surface area contributed by atoms with E-state index in [-0.39, 0.29) is 0 Å². The molecule has 26 heavy (non-hydrogen) atoms. The van der Waals surface area contributed by atoms with Gasteiger partial charge in [-0.3, -0.25) is 4.40 Å². The van der Waals surface area contributed by atoms with Gasteiger partial charge in [-0.25, -0.2) is 4.98 Å². The molecule has 1 N–H and O–H groups in total. The SMILES string of the molecule is COc1ccccc1-c1nc2ccccn2c1Nc1c(C)cccc1C. The van der Waals surface area contributed by atoms with Crippen molar-refractivity contribution in [2.75, 3.05) is 12.4 Å². The van der Waals surface area contributed by atoms with E-state index in [4.69, 9.17) is 9.72 Å². The standard InChI is InChI=1S/C22H21N3O/c1-15-9-8-10-16(2)20(15)24-22-21(17-11-4-5-12-18(17)26-3)23-19-13-6-7-14-25(19)22/h4-14,24H,1-3H3. The van der Waals surface area contributed by atoms with E-state index in [2.05, 4.69) is 41.8 Å². The predicted octanol–water partition coefficient (Wildman–Crippen LogP) is 5.37. The molecule has 0 atom stereocenters. The van der Waals surface area contributed by atoms with Crippen LogP contribution in [0.1, 0.15) is 11.1 Å². The lowest BCUT2D eigenvalue weighted by molar-refractivity contribution is 0.416. The third-order valence-corrected chi connectivity index (χ3v) is 4.62. The number of fused-ring (bicyclic) bond motifs is 1. The zero-order chi connectivity index (χ0) is 18.1. The topological polar surface area (TPSA) is 38.6 Å². The van der Waals surface area contributed by atoms with Crippen molar-refractivity contribution in [3.63, 3.8) is 0 Å². The Balaban J connectivity index is 1.96. The van der Waals surface area contributed by atoms with Crippen LogP contribution < -0.4 is 10.1 Å². The number of para-hydroxylation sites is 2. The van der Waals surface area contributed by atoms with Crippen molar-refractivity contribution >= 4 is 17.2 Å². The number of pyridine rings is 1. The molecule has 0 spiro atoms. The third-order valence-electron chi connectivity index (χ3n) is 4.62. The monoisotopic (exact) mass is 343 g/mol. The van der Waals surface area contributed by atoms with E-state index in [0.29, 0.717) is 0 Å². The minimum atomic E-state index is 0.806. The van der Waals surface area contributed by atoms with E-state index in [1.807, 2.05) is 48.7 Å². The Morgan fingerprint density at radius 1 is 0.885 bits per heavy atom. The van der Waals surface area contributed by atoms with Crippen molar-refractivity contribution in [2.45, 2.75) is 13.8 Å². The van der Waals surface area contributed by atoms with Gasteiger partial charge in [-0.15, -0.1) is 0 Å². The maximum absolute atomic E-state index is 5.57. The molecule has 0 aliphatic carbocycles. The lowest BCUT2D eigenvalue weighted by Crippen LogP contribution is -2.01. The summed E-state index contributed by atoms with van der Waals surface area (Å²) in [5.41, 5.74) is 6.23. The quantitative estimate of drug-likeness (QED) is 0.541. The highest BCUT2D eigenvalue weighted by Crippen LogP contribution is 2.37. The second kappa shape index (κ2) is 6.56. The van der Waals surface area contributed by atoms with E-state index >= 15 is 0 Å². The van der Waals surface area contributed by atoms with Crippen LogP contribution in [0.2, 0.25) is 0 Å². The van der Waals surface area contributed by atoms with Crippen molar-refractivity contribution in [2.24, 2.45) is 0 Å². The number of nitrogens with one attached hydrogen (secondary N) is 1. The van der Waals surface area contributed by atoms with Crippen LogP contribution in [-0.2, 0) is 0 Å². The Bertz CT molecular complexity index is 1060. The number of aryl methyl sites for hydroxylation is 2. The van der Waals surface area contributed by atoms with Crippen molar-refractivity contribution in [3.8, 4) is 17.0 Å². The molecule has 4 rings (SSSR count). The fraction of sp³-hybridized carbons (Fsp3) is 0.136. The number of benzene rings is 2. The highest BCUT2D eigenvalue weighted by molar-refractivity contribution is 5.83. The number of nitrogens with zero attached hydrogens (tertiary/aromatic N) is 2. The Morgan fingerprint density at radius 3 is 2.38 bits per heavy atom. The lowest BCUT2D eigenvalue weighted by atomic mass is 10.1. The molecule has 0 unspecified atom stereocenters. The highest BCUT2D eigenvalue weighted by atomic mass is 16.5. The summed E-state index contributed by atoms with van der Waals surface area (Å²) in [6.07, 6.45) is 2.02. The van der Waals surface area contributed by atoms with Gasteiger partial charge >= 0.3 is 0 Å². The number of hydrogen-bond donors (Lipinski definition) is 1. The molecule has 0 aliphatic heterocycles. The fourth-order valence-corrected chi connectivity index (χ4v) is 3.27. The predicted molar refractivity (Wildman–Crippen MR) is 106 cm³/mol. The highest BCUT2D eigenvalue weighted by Gasteiger charge is 2.18. The summed E-state index contributed by atoms with van der Waals surface area (Å²) >= 11 is 0. The molecule has 2 aromatic carbocycles. The van der Waals surface area contributed by atoms with Gasteiger partial charge in [0.15, 0.2) is 0 Å². The molecule has 0 bridgehead atoms. The van der Waals surface area contributed by atoms with Crippen LogP contribution in [0.15, 0.2) is 66.9 Å². The van der Waals surface area contributed by atoms with Gasteiger partial charge in [0.2, 0.25) is 0 Å². The molecule has 2 aromatic heterocycles. The molecule has 4 aromatic rings. The van der Waals surface area contributed by atoms with E-state index in [1.165, 1.54) is 11.1 Å². The van der Waals surface area contributed by atoms with Crippen LogP contribution in [-0.4, -0.2) is 16.5 Å². The summed E-state index contributed by atoms with van der Waals surface area (Å²) in [7, 11) is 1.69. The molecule has 0 saturated heterocycles. The second-order valence-corrected chi connectivity index (χ2v) is 6.33. The van der Waals surface area contributed by atoms with Crippen LogP contribution in [0.3, 0.4) is 0 Å². The lowest BCUT2D eigenvalue weighted by Gasteiger charge is -2.14. The smallest absolute Gasteiger partial charge is 0.143 e. The largest absolute Gasteiger partial charge is 0.496 e. The zero-order valence-electron chi connectivity index (χ0n) is 15.2. The number of rotatable bonds is 4. The molecule has 0 radical (unpaired) electrons. The van der Waals surface area contributed by atoms with E-state index in [1.54, 1.807) is 7.11 Å². The average molecular weight is 343 g/mol.